The average molecular weight is 730 g/mol. The van der Waals surface area contributed by atoms with Gasteiger partial charge in [-0.3, -0.25) is 9.59 Å². The minimum atomic E-state index is -1.01. The number of hydrogen-bond donors (Lipinski definition) is 3. The van der Waals surface area contributed by atoms with Crippen LogP contribution in [0.5, 0.6) is 0 Å². The highest BCUT2D eigenvalue weighted by molar-refractivity contribution is 5.83. The van der Waals surface area contributed by atoms with E-state index in [1.54, 1.807) is 0 Å². The van der Waals surface area contributed by atoms with Gasteiger partial charge in [-0.25, -0.2) is 9.78 Å². The third-order valence-corrected chi connectivity index (χ3v) is 17.4. The van der Waals surface area contributed by atoms with Crippen molar-refractivity contribution in [1.29, 1.82) is 0 Å². The molecule has 52 heavy (non-hydrogen) atoms. The molecule has 0 aromatic heterocycles. The van der Waals surface area contributed by atoms with Crippen LogP contribution < -0.4 is 5.32 Å². The first-order valence-corrected chi connectivity index (χ1v) is 21.2. The van der Waals surface area contributed by atoms with Crippen molar-refractivity contribution in [1.82, 2.24) is 5.32 Å². The summed E-state index contributed by atoms with van der Waals surface area (Å²) in [6.07, 6.45) is 12.4. The molecule has 9 rings (SSSR count). The number of carbonyl (C=O) groups is 2. The molecule has 2 bridgehead atoms. The van der Waals surface area contributed by atoms with Gasteiger partial charge in [-0.05, 0) is 149 Å². The van der Waals surface area contributed by atoms with Gasteiger partial charge in [-0.1, -0.05) is 34.6 Å². The van der Waals surface area contributed by atoms with E-state index in [9.17, 15) is 19.8 Å². The van der Waals surface area contributed by atoms with Gasteiger partial charge in [-0.15, -0.1) is 0 Å². The molecule has 4 heterocycles. The van der Waals surface area contributed by atoms with Gasteiger partial charge in [0.1, 0.15) is 6.04 Å². The van der Waals surface area contributed by atoms with Crippen molar-refractivity contribution in [3.05, 3.63) is 0 Å². The van der Waals surface area contributed by atoms with Crippen LogP contribution in [0.3, 0.4) is 0 Å². The summed E-state index contributed by atoms with van der Waals surface area (Å²) >= 11 is 0. The molecule has 3 N–H and O–H groups in total. The van der Waals surface area contributed by atoms with Gasteiger partial charge in [0, 0.05) is 24.7 Å². The molecule has 9 aliphatic rings. The fourth-order valence-corrected chi connectivity index (χ4v) is 14.4. The van der Waals surface area contributed by atoms with Gasteiger partial charge in [0.15, 0.2) is 18.2 Å². The zero-order valence-corrected chi connectivity index (χ0v) is 32.8. The van der Waals surface area contributed by atoms with Gasteiger partial charge in [0.2, 0.25) is 11.7 Å². The van der Waals surface area contributed by atoms with Crippen LogP contribution in [-0.2, 0) is 33.6 Å². The van der Waals surface area contributed by atoms with E-state index >= 15 is 0 Å². The Hall–Kier alpha value is -1.30. The predicted octanol–water partition coefficient (Wildman–Crippen LogP) is 7.21. The Morgan fingerprint density at radius 1 is 0.865 bits per heavy atom. The van der Waals surface area contributed by atoms with Gasteiger partial charge < -0.3 is 29.7 Å². The molecule has 0 aromatic rings. The van der Waals surface area contributed by atoms with Crippen LogP contribution in [0.4, 0.5) is 0 Å². The number of amides is 1. The Morgan fingerprint density at radius 3 is 2.35 bits per heavy atom. The number of rotatable bonds is 8. The van der Waals surface area contributed by atoms with Crippen LogP contribution in [0, 0.1) is 70.0 Å². The highest BCUT2D eigenvalue weighted by Crippen LogP contribution is 2.69. The van der Waals surface area contributed by atoms with E-state index in [4.69, 9.17) is 24.0 Å². The summed E-state index contributed by atoms with van der Waals surface area (Å²) in [4.78, 5) is 36.6. The summed E-state index contributed by atoms with van der Waals surface area (Å²) in [7, 11) is 0. The SMILES string of the molecule is CC(NC(=O)CC[C@@H](C)[C@H]1CCC2C3C(CC[C@@]21C)[C@@]1(C)CC[C@@H](O)CC1C[C@H]3OC1OC2OC3(C)CCC4[C@H](C)CCC([C@H]1C)[C@@]24OO3)C(=O)O. The molecule has 5 aliphatic carbocycles. The molecule has 5 saturated carbocycles. The lowest BCUT2D eigenvalue weighted by Gasteiger charge is -2.64. The molecule has 9 fully saturated rings. The maximum Gasteiger partial charge on any atom is 0.325 e. The van der Waals surface area contributed by atoms with E-state index in [1.807, 2.05) is 6.92 Å². The number of carboxylic acids is 1. The number of fused-ring (bicyclic) bond motifs is 7. The minimum absolute atomic E-state index is 0.0332. The molecule has 10 heteroatoms. The Kier molecular flexibility index (Phi) is 9.71. The average Bonchev–Trinajstić information content (AvgIpc) is 3.29. The first kappa shape index (κ1) is 37.6. The lowest BCUT2D eigenvalue weighted by molar-refractivity contribution is -0.578. The van der Waals surface area contributed by atoms with Crippen molar-refractivity contribution in [3.63, 3.8) is 0 Å². The second-order valence-electron chi connectivity index (χ2n) is 20.0. The third kappa shape index (κ3) is 5.84. The fourth-order valence-electron chi connectivity index (χ4n) is 14.4. The van der Waals surface area contributed by atoms with Gasteiger partial charge in [0.05, 0.1) is 12.2 Å². The highest BCUT2D eigenvalue weighted by atomic mass is 17.3. The van der Waals surface area contributed by atoms with Crippen molar-refractivity contribution in [3.8, 4) is 0 Å². The zero-order valence-electron chi connectivity index (χ0n) is 32.8. The fraction of sp³-hybridized carbons (Fsp3) is 0.952. The Labute approximate surface area is 311 Å². The van der Waals surface area contributed by atoms with Crippen LogP contribution in [0.1, 0.15) is 138 Å². The van der Waals surface area contributed by atoms with E-state index in [0.717, 1.165) is 64.2 Å². The lowest BCUT2D eigenvalue weighted by atomic mass is 9.43. The summed E-state index contributed by atoms with van der Waals surface area (Å²) in [5.74, 6) is 1.87. The minimum Gasteiger partial charge on any atom is -0.480 e. The maximum absolute atomic E-state index is 12.7. The Bertz CT molecular complexity index is 1380. The number of ether oxygens (including phenoxy) is 3. The molecular weight excluding hydrogens is 662 g/mol. The predicted molar refractivity (Wildman–Crippen MR) is 192 cm³/mol. The van der Waals surface area contributed by atoms with Gasteiger partial charge >= 0.3 is 5.97 Å². The van der Waals surface area contributed by atoms with Crippen molar-refractivity contribution < 1.29 is 43.8 Å². The molecule has 1 amide bonds. The van der Waals surface area contributed by atoms with Crippen LogP contribution >= 0.6 is 0 Å². The van der Waals surface area contributed by atoms with Crippen molar-refractivity contribution >= 4 is 11.9 Å². The molecule has 10 nitrogen and oxygen atoms in total. The second kappa shape index (κ2) is 13.4. The van der Waals surface area contributed by atoms with Crippen LogP contribution in [0.2, 0.25) is 0 Å². The molecular formula is C42H67NO9. The van der Waals surface area contributed by atoms with Gasteiger partial charge in [-0.2, -0.15) is 0 Å². The number of carbonyl (C=O) groups excluding carboxylic acids is 1. The summed E-state index contributed by atoms with van der Waals surface area (Å²) in [5, 5.41) is 22.9. The number of hydrogen-bond acceptors (Lipinski definition) is 8. The standard InChI is InChI=1S/C42H67NO9/c1-22(9-13-34(45)43-25(4)36(46)47)28-11-12-31-35-32(15-18-40(28,31)6)39(5)17-14-27(44)20-26(39)21-33(35)48-37-24(3)30-10-8-23(2)29-16-19-41(7)50-38(49-37)42(29,30)52-51-41/h22-33,35,37-38,44H,8-21H2,1-7H3,(H,43,45)(H,46,47)/t22-,23-,24-,25?,26?,27-,28-,29?,30?,31?,32?,33-,35?,37?,38?,39+,40-,41?,42-/m1/s1. The summed E-state index contributed by atoms with van der Waals surface area (Å²) < 4.78 is 21.3. The highest BCUT2D eigenvalue weighted by Gasteiger charge is 2.70. The van der Waals surface area contributed by atoms with Crippen molar-refractivity contribution in [2.75, 3.05) is 0 Å². The zero-order chi connectivity index (χ0) is 37.0. The van der Waals surface area contributed by atoms with E-state index in [1.165, 1.54) is 26.2 Å². The molecule has 0 radical (unpaired) electrons. The Morgan fingerprint density at radius 2 is 1.58 bits per heavy atom. The number of aliphatic carboxylic acids is 1. The smallest absolute Gasteiger partial charge is 0.325 e. The summed E-state index contributed by atoms with van der Waals surface area (Å²) in [6, 6.07) is -0.876. The number of nitrogens with one attached hydrogen (secondary N) is 1. The number of carboxylic acid groups (broad SMARTS) is 1. The first-order chi connectivity index (χ1) is 24.6. The number of aliphatic hydroxyl groups is 1. The van der Waals surface area contributed by atoms with E-state index in [2.05, 4.69) is 39.9 Å². The molecule has 1 spiro atoms. The third-order valence-electron chi connectivity index (χ3n) is 17.4. The quantitative estimate of drug-likeness (QED) is 0.175. The first-order valence-electron chi connectivity index (χ1n) is 21.2. The van der Waals surface area contributed by atoms with Crippen LogP contribution in [0.15, 0.2) is 0 Å². The van der Waals surface area contributed by atoms with E-state index < -0.39 is 36.0 Å². The van der Waals surface area contributed by atoms with Crippen molar-refractivity contribution in [2.24, 2.45) is 70.0 Å². The lowest BCUT2D eigenvalue weighted by Crippen LogP contribution is -2.71. The van der Waals surface area contributed by atoms with E-state index in [-0.39, 0.29) is 40.8 Å². The normalized spacial score (nSPS) is 53.3. The monoisotopic (exact) mass is 729 g/mol. The Balaban J connectivity index is 1.05. The van der Waals surface area contributed by atoms with Gasteiger partial charge in [0.25, 0.3) is 0 Å². The molecule has 19 atom stereocenters. The van der Waals surface area contributed by atoms with E-state index in [0.29, 0.717) is 53.8 Å². The van der Waals surface area contributed by atoms with Crippen LogP contribution in [0.25, 0.3) is 0 Å². The molecule has 0 aromatic carbocycles. The second-order valence-corrected chi connectivity index (χ2v) is 20.0. The molecule has 294 valence electrons. The summed E-state index contributed by atoms with van der Waals surface area (Å²) in [5.41, 5.74) is -0.286. The number of aliphatic hydroxyl groups excluding tert-OH is 1. The largest absolute Gasteiger partial charge is 0.480 e. The summed E-state index contributed by atoms with van der Waals surface area (Å²) in [6.45, 7) is 15.5. The van der Waals surface area contributed by atoms with Crippen molar-refractivity contribution in [2.45, 2.75) is 181 Å². The maximum atomic E-state index is 12.7. The van der Waals surface area contributed by atoms with Crippen LogP contribution in [-0.4, -0.2) is 64.3 Å². The molecule has 10 unspecified atom stereocenters. The topological polar surface area (TPSA) is 133 Å². The molecule has 4 saturated heterocycles. The molecule has 4 aliphatic heterocycles.